The zero-order valence-corrected chi connectivity index (χ0v) is 20.5. The van der Waals surface area contributed by atoms with Crippen molar-refractivity contribution < 1.29 is 18.9 Å². The van der Waals surface area contributed by atoms with Gasteiger partial charge in [0.1, 0.15) is 11.7 Å². The van der Waals surface area contributed by atoms with Crippen LogP contribution >= 0.6 is 0 Å². The largest absolute Gasteiger partial charge is 0.493 e. The molecule has 34 heavy (non-hydrogen) atoms. The lowest BCUT2D eigenvalue weighted by Gasteiger charge is -2.73. The highest BCUT2D eigenvalue weighted by Crippen LogP contribution is 2.76. The van der Waals surface area contributed by atoms with Gasteiger partial charge in [-0.05, 0) is 62.9 Å². The lowest BCUT2D eigenvalue weighted by Crippen LogP contribution is -2.81. The van der Waals surface area contributed by atoms with Crippen molar-refractivity contribution in [2.24, 2.45) is 11.3 Å². The molecule has 8 rings (SSSR count). The van der Waals surface area contributed by atoms with Crippen molar-refractivity contribution >= 4 is 0 Å². The molecular formula is C29H35NO4. The van der Waals surface area contributed by atoms with Crippen LogP contribution in [-0.4, -0.2) is 57.1 Å². The Kier molecular flexibility index (Phi) is 4.51. The van der Waals surface area contributed by atoms with Crippen molar-refractivity contribution in [3.05, 3.63) is 59.2 Å². The quantitative estimate of drug-likeness (QED) is 0.640. The Balaban J connectivity index is 1.33. The van der Waals surface area contributed by atoms with Gasteiger partial charge in [-0.15, -0.1) is 0 Å². The summed E-state index contributed by atoms with van der Waals surface area (Å²) in [5, 5.41) is 0. The Morgan fingerprint density at radius 2 is 1.91 bits per heavy atom. The molecule has 5 nitrogen and oxygen atoms in total. The maximum atomic E-state index is 7.03. The Morgan fingerprint density at radius 3 is 2.71 bits per heavy atom. The van der Waals surface area contributed by atoms with Crippen LogP contribution < -0.4 is 9.47 Å². The predicted molar refractivity (Wildman–Crippen MR) is 129 cm³/mol. The number of benzene rings is 2. The second-order valence-corrected chi connectivity index (χ2v) is 11.3. The molecule has 3 saturated carbocycles. The molecule has 0 radical (unpaired) electrons. The number of likely N-dealkylation sites (tertiary alicyclic amines) is 1. The van der Waals surface area contributed by atoms with Crippen LogP contribution in [0.5, 0.6) is 11.5 Å². The van der Waals surface area contributed by atoms with E-state index in [-0.39, 0.29) is 22.5 Å². The first-order valence-corrected chi connectivity index (χ1v) is 12.8. The number of ether oxygens (including phenoxy) is 4. The third-order valence-corrected chi connectivity index (χ3v) is 10.4. The number of rotatable bonds is 6. The fraction of sp³-hybridized carbons (Fsp3) is 0.586. The van der Waals surface area contributed by atoms with Gasteiger partial charge in [-0.25, -0.2) is 0 Å². The summed E-state index contributed by atoms with van der Waals surface area (Å²) in [6.07, 6.45) is 5.60. The summed E-state index contributed by atoms with van der Waals surface area (Å²) in [4.78, 5) is 2.64. The van der Waals surface area contributed by atoms with Crippen LogP contribution in [0.15, 0.2) is 42.5 Å². The van der Waals surface area contributed by atoms with Crippen molar-refractivity contribution in [2.75, 3.05) is 34.4 Å². The van der Waals surface area contributed by atoms with E-state index in [9.17, 15) is 0 Å². The van der Waals surface area contributed by atoms with Crippen molar-refractivity contribution in [3.63, 3.8) is 0 Å². The second kappa shape index (κ2) is 7.22. The zero-order chi connectivity index (χ0) is 23.1. The fourth-order valence-corrected chi connectivity index (χ4v) is 9.07. The minimum Gasteiger partial charge on any atom is -0.493 e. The van der Waals surface area contributed by atoms with Gasteiger partial charge < -0.3 is 23.8 Å². The van der Waals surface area contributed by atoms with Crippen LogP contribution in [0, 0.1) is 11.3 Å². The first-order valence-electron chi connectivity index (χ1n) is 12.8. The Morgan fingerprint density at radius 1 is 1.06 bits per heavy atom. The van der Waals surface area contributed by atoms with Crippen molar-refractivity contribution in [2.45, 2.75) is 61.9 Å². The molecule has 6 atom stereocenters. The third kappa shape index (κ3) is 2.36. The van der Waals surface area contributed by atoms with Crippen LogP contribution in [0.2, 0.25) is 0 Å². The van der Waals surface area contributed by atoms with Gasteiger partial charge >= 0.3 is 0 Å². The average Bonchev–Trinajstić information content (AvgIpc) is 3.24. The molecule has 4 bridgehead atoms. The number of fused-ring (bicyclic) bond motifs is 2. The zero-order valence-electron chi connectivity index (χ0n) is 20.5. The number of hydrogen-bond donors (Lipinski definition) is 0. The van der Waals surface area contributed by atoms with Crippen LogP contribution in [0.4, 0.5) is 0 Å². The Labute approximate surface area is 202 Å². The molecule has 6 aliphatic rings. The molecule has 2 heterocycles. The van der Waals surface area contributed by atoms with Gasteiger partial charge in [-0.2, -0.15) is 0 Å². The summed E-state index contributed by atoms with van der Waals surface area (Å²) < 4.78 is 25.8. The average molecular weight is 462 g/mol. The SMILES string of the molecule is COc1ccc2c3c1O[C@H]1[C@@]4(OC)CC[C@@]5(C[C@@H]4COCc4ccccc4)[C@@H](C2)N(C)CC[C@]315. The number of piperidine rings is 1. The molecule has 2 aliphatic heterocycles. The maximum Gasteiger partial charge on any atom is 0.165 e. The smallest absolute Gasteiger partial charge is 0.165 e. The highest BCUT2D eigenvalue weighted by molar-refractivity contribution is 5.63. The third-order valence-electron chi connectivity index (χ3n) is 10.4. The van der Waals surface area contributed by atoms with Crippen LogP contribution in [-0.2, 0) is 27.9 Å². The van der Waals surface area contributed by atoms with E-state index in [2.05, 4.69) is 54.4 Å². The molecular weight excluding hydrogens is 426 g/mol. The second-order valence-electron chi connectivity index (χ2n) is 11.3. The highest BCUT2D eigenvalue weighted by Gasteiger charge is 2.80. The van der Waals surface area contributed by atoms with Gasteiger partial charge in [0.15, 0.2) is 11.5 Å². The molecule has 0 N–H and O–H groups in total. The predicted octanol–water partition coefficient (Wildman–Crippen LogP) is 4.36. The van der Waals surface area contributed by atoms with E-state index in [1.54, 1.807) is 7.11 Å². The molecule has 0 unspecified atom stereocenters. The molecule has 4 fully saturated rings. The van der Waals surface area contributed by atoms with E-state index >= 15 is 0 Å². The van der Waals surface area contributed by atoms with Gasteiger partial charge in [0, 0.05) is 35.5 Å². The van der Waals surface area contributed by atoms with E-state index in [1.165, 1.54) is 23.1 Å². The minimum atomic E-state index is -0.336. The highest BCUT2D eigenvalue weighted by atomic mass is 16.6. The monoisotopic (exact) mass is 461 g/mol. The van der Waals surface area contributed by atoms with E-state index < -0.39 is 0 Å². The number of nitrogens with zero attached hydrogens (tertiary/aromatic N) is 1. The lowest BCUT2D eigenvalue weighted by atomic mass is 9.35. The van der Waals surface area contributed by atoms with Crippen molar-refractivity contribution in [1.29, 1.82) is 0 Å². The molecule has 2 spiro atoms. The summed E-state index contributed by atoms with van der Waals surface area (Å²) in [6.45, 7) is 2.46. The van der Waals surface area contributed by atoms with E-state index in [0.717, 1.165) is 43.7 Å². The first kappa shape index (κ1) is 21.2. The summed E-state index contributed by atoms with van der Waals surface area (Å²) in [7, 11) is 6.00. The number of hydrogen-bond acceptors (Lipinski definition) is 5. The molecule has 180 valence electrons. The summed E-state index contributed by atoms with van der Waals surface area (Å²) in [6, 6.07) is 15.4. The van der Waals surface area contributed by atoms with E-state index in [4.69, 9.17) is 18.9 Å². The van der Waals surface area contributed by atoms with E-state index in [0.29, 0.717) is 25.2 Å². The minimum absolute atomic E-state index is 0.00578. The van der Waals surface area contributed by atoms with Gasteiger partial charge in [0.2, 0.25) is 0 Å². The van der Waals surface area contributed by atoms with Crippen LogP contribution in [0.3, 0.4) is 0 Å². The number of methoxy groups -OCH3 is 2. The molecule has 4 aliphatic carbocycles. The van der Waals surface area contributed by atoms with Crippen molar-refractivity contribution in [1.82, 2.24) is 4.90 Å². The first-order chi connectivity index (χ1) is 16.6. The molecule has 2 aromatic carbocycles. The van der Waals surface area contributed by atoms with Crippen LogP contribution in [0.25, 0.3) is 0 Å². The Hall–Kier alpha value is -2.08. The summed E-state index contributed by atoms with van der Waals surface area (Å²) in [5.41, 5.74) is 3.99. The Bertz CT molecular complexity index is 1120. The van der Waals surface area contributed by atoms with Gasteiger partial charge in [0.25, 0.3) is 0 Å². The molecule has 0 amide bonds. The van der Waals surface area contributed by atoms with E-state index in [1.807, 2.05) is 7.11 Å². The van der Waals surface area contributed by atoms with Crippen molar-refractivity contribution in [3.8, 4) is 11.5 Å². The standard InChI is InChI=1S/C29H35NO4/c1-30-14-13-28-24-20-9-10-22(31-2)25(24)34-26(28)29(32-3)12-11-27(28,23(30)15-20)16-21(29)18-33-17-19-7-5-4-6-8-19/h4-10,21,23,26H,11-18H2,1-3H3/t21-,23-,26-,27-,28+,29-/m1/s1. The normalized spacial score (nSPS) is 39.0. The molecule has 2 aromatic rings. The summed E-state index contributed by atoms with van der Waals surface area (Å²) >= 11 is 0. The fourth-order valence-electron chi connectivity index (χ4n) is 9.07. The van der Waals surface area contributed by atoms with Gasteiger partial charge in [-0.1, -0.05) is 36.4 Å². The number of likely N-dealkylation sites (N-methyl/N-ethyl adjacent to an activating group) is 1. The van der Waals surface area contributed by atoms with Gasteiger partial charge in [0.05, 0.1) is 20.3 Å². The maximum absolute atomic E-state index is 7.03. The molecule has 5 heteroatoms. The summed E-state index contributed by atoms with van der Waals surface area (Å²) in [5.74, 6) is 2.17. The lowest BCUT2D eigenvalue weighted by molar-refractivity contribution is -0.282. The molecule has 1 saturated heterocycles. The topological polar surface area (TPSA) is 40.2 Å². The molecule has 0 aromatic heterocycles. The van der Waals surface area contributed by atoms with Gasteiger partial charge in [-0.3, -0.25) is 0 Å². The van der Waals surface area contributed by atoms with Crippen LogP contribution in [0.1, 0.15) is 42.4 Å².